The maximum absolute atomic E-state index is 11.9. The zero-order valence-electron chi connectivity index (χ0n) is 15.8. The largest absolute Gasteiger partial charge is 0.444 e. The normalized spacial score (nSPS) is 15.6. The van der Waals surface area contributed by atoms with Crippen LogP contribution in [0, 0.1) is 0 Å². The Labute approximate surface area is 153 Å². The lowest BCUT2D eigenvalue weighted by Crippen LogP contribution is -2.63. The molecular formula is C16H28N6O2S. The Balaban J connectivity index is 1.73. The minimum Gasteiger partial charge on any atom is -0.444 e. The summed E-state index contributed by atoms with van der Waals surface area (Å²) in [6, 6.07) is 0.173. The number of carbonyl (C=O) groups is 1. The van der Waals surface area contributed by atoms with Crippen molar-refractivity contribution in [1.29, 1.82) is 0 Å². The number of ether oxygens (including phenoxy) is 1. The van der Waals surface area contributed by atoms with E-state index in [9.17, 15) is 4.79 Å². The Morgan fingerprint density at radius 1 is 1.48 bits per heavy atom. The fourth-order valence-corrected chi connectivity index (χ4v) is 2.95. The minimum atomic E-state index is -0.466. The third kappa shape index (κ3) is 5.77. The molecule has 25 heavy (non-hydrogen) atoms. The van der Waals surface area contributed by atoms with Gasteiger partial charge in [-0.3, -0.25) is 4.99 Å². The van der Waals surface area contributed by atoms with E-state index in [4.69, 9.17) is 4.74 Å². The summed E-state index contributed by atoms with van der Waals surface area (Å²) in [6.07, 6.45) is -0.271. The molecule has 2 heterocycles. The van der Waals surface area contributed by atoms with Crippen LogP contribution in [-0.2, 0) is 11.3 Å². The first kappa shape index (κ1) is 19.3. The molecule has 0 bridgehead atoms. The molecule has 0 unspecified atom stereocenters. The van der Waals surface area contributed by atoms with E-state index in [-0.39, 0.29) is 12.1 Å². The number of nitrogens with one attached hydrogen (secondary N) is 2. The van der Waals surface area contributed by atoms with Crippen LogP contribution < -0.4 is 15.5 Å². The van der Waals surface area contributed by atoms with Crippen LogP contribution in [0.2, 0.25) is 0 Å². The minimum absolute atomic E-state index is 0.173. The number of guanidine groups is 1. The predicted molar refractivity (Wildman–Crippen MR) is 101 cm³/mol. The summed E-state index contributed by atoms with van der Waals surface area (Å²) in [6.45, 7) is 7.42. The monoisotopic (exact) mass is 368 g/mol. The van der Waals surface area contributed by atoms with Gasteiger partial charge < -0.3 is 25.2 Å². The zero-order valence-corrected chi connectivity index (χ0v) is 16.6. The lowest BCUT2D eigenvalue weighted by Gasteiger charge is -2.40. The first-order valence-electron chi connectivity index (χ1n) is 8.25. The number of aliphatic imine (C=N–C) groups is 1. The zero-order chi connectivity index (χ0) is 18.6. The van der Waals surface area contributed by atoms with Gasteiger partial charge in [0.1, 0.15) is 5.60 Å². The van der Waals surface area contributed by atoms with Crippen LogP contribution in [0.1, 0.15) is 26.5 Å². The van der Waals surface area contributed by atoms with Crippen molar-refractivity contribution in [1.82, 2.24) is 20.5 Å². The van der Waals surface area contributed by atoms with E-state index in [1.807, 2.05) is 45.1 Å². The van der Waals surface area contributed by atoms with Gasteiger partial charge in [0.2, 0.25) is 0 Å². The molecule has 1 fully saturated rings. The first-order chi connectivity index (χ1) is 11.7. The fourth-order valence-electron chi connectivity index (χ4n) is 2.19. The maximum Gasteiger partial charge on any atom is 0.410 e. The summed E-state index contributed by atoms with van der Waals surface area (Å²) >= 11 is 1.61. The van der Waals surface area contributed by atoms with Crippen LogP contribution in [0.4, 0.5) is 9.93 Å². The number of likely N-dealkylation sites (tertiary alicyclic amines) is 1. The van der Waals surface area contributed by atoms with Gasteiger partial charge in [-0.1, -0.05) is 0 Å². The summed E-state index contributed by atoms with van der Waals surface area (Å²) in [5.74, 6) is 0.702. The first-order valence-corrected chi connectivity index (χ1v) is 9.12. The molecule has 1 aliphatic heterocycles. The average molecular weight is 369 g/mol. The highest BCUT2D eigenvalue weighted by Gasteiger charge is 2.34. The molecule has 9 heteroatoms. The number of aromatic nitrogens is 1. The van der Waals surface area contributed by atoms with E-state index in [0.29, 0.717) is 25.6 Å². The second-order valence-corrected chi connectivity index (χ2v) is 8.00. The molecular weight excluding hydrogens is 340 g/mol. The van der Waals surface area contributed by atoms with E-state index >= 15 is 0 Å². The van der Waals surface area contributed by atoms with Crippen LogP contribution in [0.25, 0.3) is 0 Å². The molecule has 0 saturated carbocycles. The van der Waals surface area contributed by atoms with Crippen molar-refractivity contribution in [3.8, 4) is 0 Å². The number of hydrogen-bond acceptors (Lipinski definition) is 6. The summed E-state index contributed by atoms with van der Waals surface area (Å²) < 4.78 is 5.35. The van der Waals surface area contributed by atoms with Gasteiger partial charge in [0.25, 0.3) is 0 Å². The van der Waals surface area contributed by atoms with E-state index < -0.39 is 5.60 Å². The Kier molecular flexibility index (Phi) is 6.10. The second-order valence-electron chi connectivity index (χ2n) is 7.17. The average Bonchev–Trinajstić information content (AvgIpc) is 2.92. The third-order valence-corrected chi connectivity index (χ3v) is 4.51. The van der Waals surface area contributed by atoms with E-state index in [2.05, 4.69) is 20.6 Å². The molecule has 0 atom stereocenters. The van der Waals surface area contributed by atoms with Gasteiger partial charge in [-0.25, -0.2) is 9.78 Å². The molecule has 1 amide bonds. The van der Waals surface area contributed by atoms with Crippen molar-refractivity contribution in [3.63, 3.8) is 0 Å². The van der Waals surface area contributed by atoms with Crippen molar-refractivity contribution in [2.75, 3.05) is 39.1 Å². The number of anilines is 1. The highest BCUT2D eigenvalue weighted by atomic mass is 32.1. The lowest BCUT2D eigenvalue weighted by molar-refractivity contribution is 0.00701. The predicted octanol–water partition coefficient (Wildman–Crippen LogP) is 1.49. The molecule has 8 nitrogen and oxygen atoms in total. The van der Waals surface area contributed by atoms with Gasteiger partial charge in [0, 0.05) is 39.6 Å². The van der Waals surface area contributed by atoms with Crippen LogP contribution in [0.15, 0.2) is 10.4 Å². The Morgan fingerprint density at radius 3 is 2.68 bits per heavy atom. The SMILES string of the molecule is CN=C(NCc1csc(N(C)C)n1)NC1CN(C(=O)OC(C)(C)C)C1. The number of nitrogens with zero attached hydrogens (tertiary/aromatic N) is 4. The number of thiazole rings is 1. The molecule has 2 rings (SSSR count). The van der Waals surface area contributed by atoms with Crippen molar-refractivity contribution < 1.29 is 9.53 Å². The smallest absolute Gasteiger partial charge is 0.410 e. The molecule has 0 aliphatic carbocycles. The van der Waals surface area contributed by atoms with E-state index in [1.54, 1.807) is 23.3 Å². The van der Waals surface area contributed by atoms with Crippen molar-refractivity contribution in [2.45, 2.75) is 39.0 Å². The number of rotatable bonds is 4. The van der Waals surface area contributed by atoms with Crippen molar-refractivity contribution >= 4 is 28.5 Å². The Hall–Kier alpha value is -2.03. The summed E-state index contributed by atoms with van der Waals surface area (Å²) in [7, 11) is 5.68. The van der Waals surface area contributed by atoms with Gasteiger partial charge in [-0.2, -0.15) is 0 Å². The number of carbonyl (C=O) groups excluding carboxylic acids is 1. The fraction of sp³-hybridized carbons (Fsp3) is 0.688. The van der Waals surface area contributed by atoms with Crippen LogP contribution in [0.5, 0.6) is 0 Å². The third-order valence-electron chi connectivity index (χ3n) is 3.46. The Morgan fingerprint density at radius 2 is 2.16 bits per heavy atom. The Bertz CT molecular complexity index is 616. The van der Waals surface area contributed by atoms with Gasteiger partial charge in [0.05, 0.1) is 18.3 Å². The van der Waals surface area contributed by atoms with Gasteiger partial charge in [0.15, 0.2) is 11.1 Å². The van der Waals surface area contributed by atoms with Crippen LogP contribution in [-0.4, -0.2) is 67.8 Å². The molecule has 1 aliphatic rings. The molecule has 1 aromatic rings. The highest BCUT2D eigenvalue weighted by molar-refractivity contribution is 7.13. The highest BCUT2D eigenvalue weighted by Crippen LogP contribution is 2.18. The maximum atomic E-state index is 11.9. The lowest BCUT2D eigenvalue weighted by atomic mass is 10.1. The summed E-state index contributed by atoms with van der Waals surface area (Å²) in [5, 5.41) is 9.56. The molecule has 2 N–H and O–H groups in total. The number of amides is 1. The van der Waals surface area contributed by atoms with E-state index in [1.165, 1.54) is 0 Å². The summed E-state index contributed by atoms with van der Waals surface area (Å²) in [5.41, 5.74) is 0.507. The molecule has 1 aromatic heterocycles. The molecule has 1 saturated heterocycles. The van der Waals surface area contributed by atoms with Gasteiger partial charge >= 0.3 is 6.09 Å². The van der Waals surface area contributed by atoms with Gasteiger partial charge in [-0.05, 0) is 20.8 Å². The van der Waals surface area contributed by atoms with E-state index in [0.717, 1.165) is 10.8 Å². The summed E-state index contributed by atoms with van der Waals surface area (Å²) in [4.78, 5) is 24.3. The molecule has 0 radical (unpaired) electrons. The molecule has 140 valence electrons. The quantitative estimate of drug-likeness (QED) is 0.619. The van der Waals surface area contributed by atoms with Crippen molar-refractivity contribution in [3.05, 3.63) is 11.1 Å². The van der Waals surface area contributed by atoms with Crippen LogP contribution in [0.3, 0.4) is 0 Å². The number of hydrogen-bond donors (Lipinski definition) is 2. The van der Waals surface area contributed by atoms with Crippen molar-refractivity contribution in [2.24, 2.45) is 4.99 Å². The second kappa shape index (κ2) is 7.90. The van der Waals surface area contributed by atoms with Gasteiger partial charge in [-0.15, -0.1) is 11.3 Å². The standard InChI is InChI=1S/C16H28N6O2S/c1-16(2,3)24-15(23)22-8-12(9-22)19-13(17-4)18-7-11-10-25-14(20-11)21(5)6/h10,12H,7-9H2,1-6H3,(H2,17,18,19). The topological polar surface area (TPSA) is 82.1 Å². The molecule has 0 aromatic carbocycles. The van der Waals surface area contributed by atoms with Crippen LogP contribution >= 0.6 is 11.3 Å². The molecule has 0 spiro atoms.